The Labute approximate surface area is 107 Å². The fourth-order valence-electron chi connectivity index (χ4n) is 1.53. The van der Waals surface area contributed by atoms with Gasteiger partial charge in [-0.1, -0.05) is 12.1 Å². The summed E-state index contributed by atoms with van der Waals surface area (Å²) in [4.78, 5) is 1.18. The van der Waals surface area contributed by atoms with Crippen LogP contribution in [0.3, 0.4) is 0 Å². The molecule has 78 valence electrons. The second kappa shape index (κ2) is 4.63. The third kappa shape index (κ3) is 2.41. The zero-order valence-corrected chi connectivity index (χ0v) is 11.2. The van der Waals surface area contributed by atoms with E-state index in [4.69, 9.17) is 0 Å². The zero-order chi connectivity index (χ0) is 10.8. The summed E-state index contributed by atoms with van der Waals surface area (Å²) in [7, 11) is 0. The van der Waals surface area contributed by atoms with Crippen molar-refractivity contribution in [3.8, 4) is 0 Å². The SMILES string of the molecule is Cc1sccc1C(O)c1cccc(I)c1. The molecule has 1 atom stereocenters. The topological polar surface area (TPSA) is 20.2 Å². The molecule has 2 aromatic rings. The molecule has 0 saturated carbocycles. The number of hydrogen-bond donors (Lipinski definition) is 1. The van der Waals surface area contributed by atoms with Crippen molar-refractivity contribution in [2.45, 2.75) is 13.0 Å². The Hall–Kier alpha value is -0.390. The molecule has 1 aromatic carbocycles. The summed E-state index contributed by atoms with van der Waals surface area (Å²) in [6, 6.07) is 9.97. The number of hydrogen-bond acceptors (Lipinski definition) is 2. The quantitative estimate of drug-likeness (QED) is 0.832. The monoisotopic (exact) mass is 330 g/mol. The van der Waals surface area contributed by atoms with Gasteiger partial charge in [0.1, 0.15) is 6.10 Å². The fourth-order valence-corrected chi connectivity index (χ4v) is 2.84. The summed E-state index contributed by atoms with van der Waals surface area (Å²) < 4.78 is 1.15. The van der Waals surface area contributed by atoms with Gasteiger partial charge in [0.25, 0.3) is 0 Å². The van der Waals surface area contributed by atoms with E-state index < -0.39 is 6.10 Å². The van der Waals surface area contributed by atoms with Crippen LogP contribution in [-0.4, -0.2) is 5.11 Å². The zero-order valence-electron chi connectivity index (χ0n) is 8.27. The maximum absolute atomic E-state index is 10.2. The van der Waals surface area contributed by atoms with Gasteiger partial charge in [-0.2, -0.15) is 0 Å². The normalized spacial score (nSPS) is 12.7. The average Bonchev–Trinajstić information content (AvgIpc) is 2.63. The van der Waals surface area contributed by atoms with E-state index in [0.717, 1.165) is 14.7 Å². The highest BCUT2D eigenvalue weighted by Crippen LogP contribution is 2.28. The molecule has 1 unspecified atom stereocenters. The van der Waals surface area contributed by atoms with Gasteiger partial charge < -0.3 is 5.11 Å². The molecule has 2 rings (SSSR count). The lowest BCUT2D eigenvalue weighted by Gasteiger charge is -2.11. The standard InChI is InChI=1S/C12H11IOS/c1-8-11(5-6-15-8)12(14)9-3-2-4-10(13)7-9/h2-7,12,14H,1H3. The maximum Gasteiger partial charge on any atom is 0.105 e. The third-order valence-corrected chi connectivity index (χ3v) is 3.89. The van der Waals surface area contributed by atoms with Crippen LogP contribution in [0, 0.1) is 10.5 Å². The van der Waals surface area contributed by atoms with Gasteiger partial charge in [0.05, 0.1) is 0 Å². The smallest absolute Gasteiger partial charge is 0.105 e. The summed E-state index contributed by atoms with van der Waals surface area (Å²) in [5, 5.41) is 12.2. The van der Waals surface area contributed by atoms with E-state index in [2.05, 4.69) is 22.6 Å². The first kappa shape index (κ1) is 11.1. The first-order valence-electron chi connectivity index (χ1n) is 4.66. The number of halogens is 1. The van der Waals surface area contributed by atoms with Crippen LogP contribution in [0.4, 0.5) is 0 Å². The van der Waals surface area contributed by atoms with Crippen molar-refractivity contribution in [1.82, 2.24) is 0 Å². The van der Waals surface area contributed by atoms with Gasteiger partial charge in [0, 0.05) is 8.45 Å². The molecule has 0 aliphatic heterocycles. The van der Waals surface area contributed by atoms with Crippen molar-refractivity contribution in [3.05, 3.63) is 55.3 Å². The number of aliphatic hydroxyl groups is 1. The second-order valence-corrected chi connectivity index (χ2v) is 5.76. The van der Waals surface area contributed by atoms with Crippen molar-refractivity contribution in [2.75, 3.05) is 0 Å². The Balaban J connectivity index is 2.36. The summed E-state index contributed by atoms with van der Waals surface area (Å²) >= 11 is 3.93. The highest BCUT2D eigenvalue weighted by Gasteiger charge is 2.13. The molecule has 0 aliphatic rings. The molecule has 0 saturated heterocycles. The predicted octanol–water partition coefficient (Wildman–Crippen LogP) is 3.74. The van der Waals surface area contributed by atoms with Gasteiger partial charge in [0.2, 0.25) is 0 Å². The lowest BCUT2D eigenvalue weighted by Crippen LogP contribution is -1.99. The molecule has 0 radical (unpaired) electrons. The van der Waals surface area contributed by atoms with E-state index in [0.29, 0.717) is 0 Å². The molecule has 1 aromatic heterocycles. The Bertz CT molecular complexity index is 464. The van der Waals surface area contributed by atoms with Crippen molar-refractivity contribution < 1.29 is 5.11 Å². The third-order valence-electron chi connectivity index (χ3n) is 2.36. The van der Waals surface area contributed by atoms with Crippen LogP contribution in [0.15, 0.2) is 35.7 Å². The van der Waals surface area contributed by atoms with E-state index in [1.807, 2.05) is 42.6 Å². The molecular weight excluding hydrogens is 319 g/mol. The minimum absolute atomic E-state index is 0.494. The Kier molecular flexibility index (Phi) is 3.43. The second-order valence-electron chi connectivity index (χ2n) is 3.39. The van der Waals surface area contributed by atoms with Gasteiger partial charge in [-0.25, -0.2) is 0 Å². The highest BCUT2D eigenvalue weighted by atomic mass is 127. The first-order chi connectivity index (χ1) is 7.18. The lowest BCUT2D eigenvalue weighted by molar-refractivity contribution is 0.220. The summed E-state index contributed by atoms with van der Waals surface area (Å²) in [5.41, 5.74) is 1.98. The van der Waals surface area contributed by atoms with E-state index in [1.165, 1.54) is 4.88 Å². The summed E-state index contributed by atoms with van der Waals surface area (Å²) in [5.74, 6) is 0. The van der Waals surface area contributed by atoms with Gasteiger partial charge >= 0.3 is 0 Å². The largest absolute Gasteiger partial charge is 0.384 e. The van der Waals surface area contributed by atoms with Gasteiger partial charge in [-0.15, -0.1) is 11.3 Å². The number of thiophene rings is 1. The van der Waals surface area contributed by atoms with Crippen LogP contribution in [0.25, 0.3) is 0 Å². The molecule has 3 heteroatoms. The van der Waals surface area contributed by atoms with Crippen molar-refractivity contribution in [2.24, 2.45) is 0 Å². The van der Waals surface area contributed by atoms with Gasteiger partial charge in [-0.3, -0.25) is 0 Å². The van der Waals surface area contributed by atoms with Crippen LogP contribution < -0.4 is 0 Å². The molecule has 1 N–H and O–H groups in total. The molecule has 0 aliphatic carbocycles. The van der Waals surface area contributed by atoms with E-state index >= 15 is 0 Å². The average molecular weight is 330 g/mol. The molecule has 0 bridgehead atoms. The molecule has 0 fully saturated rings. The lowest BCUT2D eigenvalue weighted by atomic mass is 10.0. The van der Waals surface area contributed by atoms with Crippen molar-refractivity contribution in [1.29, 1.82) is 0 Å². The number of aryl methyl sites for hydroxylation is 1. The predicted molar refractivity (Wildman–Crippen MR) is 72.3 cm³/mol. The molecule has 1 heterocycles. The number of benzene rings is 1. The molecule has 0 amide bonds. The maximum atomic E-state index is 10.2. The van der Waals surface area contributed by atoms with E-state index in [-0.39, 0.29) is 0 Å². The summed E-state index contributed by atoms with van der Waals surface area (Å²) in [6.45, 7) is 2.04. The van der Waals surface area contributed by atoms with Crippen LogP contribution >= 0.6 is 33.9 Å². The Morgan fingerprint density at radius 1 is 1.33 bits per heavy atom. The van der Waals surface area contributed by atoms with Crippen molar-refractivity contribution in [3.63, 3.8) is 0 Å². The Morgan fingerprint density at radius 2 is 2.13 bits per heavy atom. The minimum Gasteiger partial charge on any atom is -0.384 e. The fraction of sp³-hybridized carbons (Fsp3) is 0.167. The van der Waals surface area contributed by atoms with E-state index in [1.54, 1.807) is 11.3 Å². The molecule has 1 nitrogen and oxygen atoms in total. The Morgan fingerprint density at radius 3 is 2.73 bits per heavy atom. The number of aliphatic hydroxyl groups excluding tert-OH is 1. The number of rotatable bonds is 2. The van der Waals surface area contributed by atoms with Crippen LogP contribution in [0.1, 0.15) is 22.1 Å². The molecular formula is C12H11IOS. The van der Waals surface area contributed by atoms with Crippen LogP contribution in [-0.2, 0) is 0 Å². The van der Waals surface area contributed by atoms with Gasteiger partial charge in [-0.05, 0) is 64.2 Å². The first-order valence-corrected chi connectivity index (χ1v) is 6.62. The van der Waals surface area contributed by atoms with Gasteiger partial charge in [0.15, 0.2) is 0 Å². The minimum atomic E-state index is -0.494. The summed E-state index contributed by atoms with van der Waals surface area (Å²) in [6.07, 6.45) is -0.494. The molecule has 0 spiro atoms. The molecule has 15 heavy (non-hydrogen) atoms. The van der Waals surface area contributed by atoms with Crippen LogP contribution in [0.2, 0.25) is 0 Å². The van der Waals surface area contributed by atoms with Crippen molar-refractivity contribution >= 4 is 33.9 Å². The van der Waals surface area contributed by atoms with E-state index in [9.17, 15) is 5.11 Å². The highest BCUT2D eigenvalue weighted by molar-refractivity contribution is 14.1. The van der Waals surface area contributed by atoms with Crippen LogP contribution in [0.5, 0.6) is 0 Å².